The number of carbonyl (C=O) groups excluding carboxylic acids is 1. The number of carbonyl (C=O) groups is 1. The van der Waals surface area contributed by atoms with Crippen LogP contribution in [-0.4, -0.2) is 48.3 Å². The SMILES string of the molecule is CC1(C)[C@@H]2CC[C@@]1(CS(=O)(=O)N(C1CCCCC1)C1CCCCC1)[C@H](OC(=O)C1=NO[C@@H](c3ccccc3)[C@@H]1c1ccccc1)C2. The molecule has 0 N–H and O–H groups in total. The van der Waals surface area contributed by atoms with Crippen molar-refractivity contribution in [1.82, 2.24) is 4.31 Å². The number of sulfonamides is 1. The third kappa shape index (κ3) is 5.61. The zero-order valence-electron chi connectivity index (χ0n) is 27.5. The Balaban J connectivity index is 1.17. The van der Waals surface area contributed by atoms with E-state index in [1.54, 1.807) is 0 Å². The quantitative estimate of drug-likeness (QED) is 0.258. The molecule has 1 heterocycles. The van der Waals surface area contributed by atoms with Crippen LogP contribution < -0.4 is 0 Å². The summed E-state index contributed by atoms with van der Waals surface area (Å²) in [6.07, 6.45) is 12.1. The number of hydrogen-bond acceptors (Lipinski definition) is 6. The molecule has 7 rings (SSSR count). The van der Waals surface area contributed by atoms with Crippen LogP contribution in [0, 0.1) is 16.7 Å². The van der Waals surface area contributed by atoms with E-state index >= 15 is 0 Å². The van der Waals surface area contributed by atoms with Gasteiger partial charge in [-0.1, -0.05) is 118 Å². The Kier molecular flexibility index (Phi) is 8.81. The minimum Gasteiger partial charge on any atom is -0.457 e. The van der Waals surface area contributed by atoms with E-state index in [2.05, 4.69) is 19.0 Å². The molecule has 5 atom stereocenters. The molecule has 5 aliphatic rings. The standard InChI is InChI=1S/C38H50N2O5S/c1-37(2)29-23-24-38(37,26-46(42,43)40(30-19-11-5-12-20-30)31-21-13-6-14-22-31)32(25-29)44-36(41)34-33(27-15-7-3-8-16-27)35(45-39-34)28-17-9-4-10-18-28/h3-4,7-10,15-18,29-33,35H,5-6,11-14,19-26H2,1-2H3/t29-,32-,33-,35+,38-/m1/s1. The second-order valence-corrected chi connectivity index (χ2v) is 17.1. The van der Waals surface area contributed by atoms with E-state index < -0.39 is 39.5 Å². The molecule has 7 nitrogen and oxygen atoms in total. The van der Waals surface area contributed by atoms with Crippen LogP contribution in [0.3, 0.4) is 0 Å². The van der Waals surface area contributed by atoms with E-state index in [4.69, 9.17) is 9.57 Å². The van der Waals surface area contributed by atoms with Gasteiger partial charge in [-0.25, -0.2) is 13.2 Å². The van der Waals surface area contributed by atoms with Crippen LogP contribution in [0.2, 0.25) is 0 Å². The van der Waals surface area contributed by atoms with Crippen LogP contribution in [0.1, 0.15) is 120 Å². The first kappa shape index (κ1) is 31.9. The molecule has 0 saturated heterocycles. The molecule has 2 aromatic carbocycles. The third-order valence-corrected chi connectivity index (χ3v) is 14.7. The fourth-order valence-corrected chi connectivity index (χ4v) is 12.8. The maximum Gasteiger partial charge on any atom is 0.357 e. The monoisotopic (exact) mass is 646 g/mol. The van der Waals surface area contributed by atoms with E-state index in [0.29, 0.717) is 12.3 Å². The average Bonchev–Trinajstić information content (AvgIpc) is 3.67. The maximum atomic E-state index is 14.8. The van der Waals surface area contributed by atoms with Gasteiger partial charge in [0.2, 0.25) is 10.0 Å². The van der Waals surface area contributed by atoms with Crippen LogP contribution >= 0.6 is 0 Å². The number of fused-ring (bicyclic) bond motifs is 2. The molecule has 4 saturated carbocycles. The van der Waals surface area contributed by atoms with Crippen LogP contribution in [-0.2, 0) is 24.4 Å². The first-order chi connectivity index (χ1) is 22.2. The highest BCUT2D eigenvalue weighted by Crippen LogP contribution is 2.67. The van der Waals surface area contributed by atoms with Crippen LogP contribution in [0.4, 0.5) is 0 Å². The molecule has 248 valence electrons. The summed E-state index contributed by atoms with van der Waals surface area (Å²) in [7, 11) is -3.62. The summed E-state index contributed by atoms with van der Waals surface area (Å²) in [5.41, 5.74) is 1.22. The number of esters is 1. The molecule has 4 fully saturated rings. The van der Waals surface area contributed by atoms with E-state index in [1.165, 1.54) is 12.8 Å². The van der Waals surface area contributed by atoms with Crippen molar-refractivity contribution in [2.75, 3.05) is 5.75 Å². The van der Waals surface area contributed by atoms with Gasteiger partial charge in [0.05, 0.1) is 11.7 Å². The fourth-order valence-electron chi connectivity index (χ4n) is 9.95. The highest BCUT2D eigenvalue weighted by atomic mass is 32.2. The summed E-state index contributed by atoms with van der Waals surface area (Å²) in [5, 5.41) is 4.36. The zero-order valence-corrected chi connectivity index (χ0v) is 28.3. The fraction of sp³-hybridized carbons (Fsp3) is 0.632. The van der Waals surface area contributed by atoms with Gasteiger partial charge >= 0.3 is 5.97 Å². The van der Waals surface area contributed by atoms with E-state index in [1.807, 2.05) is 65.0 Å². The van der Waals surface area contributed by atoms with Crippen molar-refractivity contribution in [3.63, 3.8) is 0 Å². The number of nitrogens with zero attached hydrogens (tertiary/aromatic N) is 2. The van der Waals surface area contributed by atoms with Gasteiger partial charge < -0.3 is 9.57 Å². The van der Waals surface area contributed by atoms with Crippen LogP contribution in [0.15, 0.2) is 65.8 Å². The minimum absolute atomic E-state index is 0.0478. The van der Waals surface area contributed by atoms with Crippen molar-refractivity contribution >= 4 is 21.7 Å². The van der Waals surface area contributed by atoms with Gasteiger partial charge in [0, 0.05) is 17.5 Å². The van der Waals surface area contributed by atoms with Crippen molar-refractivity contribution < 1.29 is 22.8 Å². The number of benzene rings is 2. The van der Waals surface area contributed by atoms with Gasteiger partial charge in [0.1, 0.15) is 6.10 Å². The lowest BCUT2D eigenvalue weighted by molar-refractivity contribution is -0.148. The van der Waals surface area contributed by atoms with Gasteiger partial charge in [-0.05, 0) is 67.4 Å². The van der Waals surface area contributed by atoms with Gasteiger partial charge in [-0.2, -0.15) is 4.31 Å². The summed E-state index contributed by atoms with van der Waals surface area (Å²) in [6.45, 7) is 4.43. The van der Waals surface area contributed by atoms with Gasteiger partial charge in [0.15, 0.2) is 11.8 Å². The molecule has 2 bridgehead atoms. The molecular weight excluding hydrogens is 596 g/mol. The predicted octanol–water partition coefficient (Wildman–Crippen LogP) is 7.93. The first-order valence-corrected chi connectivity index (χ1v) is 19.4. The molecule has 0 radical (unpaired) electrons. The topological polar surface area (TPSA) is 85.3 Å². The zero-order chi connectivity index (χ0) is 31.9. The Morgan fingerprint density at radius 3 is 1.98 bits per heavy atom. The Hall–Kier alpha value is -2.71. The molecule has 0 aromatic heterocycles. The predicted molar refractivity (Wildman–Crippen MR) is 180 cm³/mol. The third-order valence-electron chi connectivity index (χ3n) is 12.6. The Morgan fingerprint density at radius 1 is 0.848 bits per heavy atom. The molecule has 0 unspecified atom stereocenters. The van der Waals surface area contributed by atoms with Crippen molar-refractivity contribution in [3.8, 4) is 0 Å². The van der Waals surface area contributed by atoms with Crippen LogP contribution in [0.25, 0.3) is 0 Å². The van der Waals surface area contributed by atoms with Crippen molar-refractivity contribution in [2.45, 2.75) is 128 Å². The molecule has 1 aliphatic heterocycles. The number of rotatable bonds is 9. The number of hydrogen-bond donors (Lipinski definition) is 0. The molecular formula is C38H50N2O5S. The van der Waals surface area contributed by atoms with Crippen molar-refractivity contribution in [1.29, 1.82) is 0 Å². The molecule has 46 heavy (non-hydrogen) atoms. The second-order valence-electron chi connectivity index (χ2n) is 15.2. The van der Waals surface area contributed by atoms with E-state index in [9.17, 15) is 13.2 Å². The molecule has 0 amide bonds. The second kappa shape index (κ2) is 12.7. The molecule has 8 heteroatoms. The Bertz CT molecular complexity index is 1500. The van der Waals surface area contributed by atoms with Crippen molar-refractivity contribution in [2.24, 2.45) is 21.9 Å². The lowest BCUT2D eigenvalue weighted by Crippen LogP contribution is -2.55. The largest absolute Gasteiger partial charge is 0.457 e. The summed E-state index contributed by atoms with van der Waals surface area (Å²) in [6, 6.07) is 19.9. The summed E-state index contributed by atoms with van der Waals surface area (Å²) < 4.78 is 38.1. The number of ether oxygens (including phenoxy) is 1. The van der Waals surface area contributed by atoms with Gasteiger partial charge in [0.25, 0.3) is 0 Å². The Labute approximate surface area is 275 Å². The van der Waals surface area contributed by atoms with Gasteiger partial charge in [-0.15, -0.1) is 0 Å². The number of oxime groups is 1. The highest BCUT2D eigenvalue weighted by molar-refractivity contribution is 7.89. The van der Waals surface area contributed by atoms with Gasteiger partial charge in [-0.3, -0.25) is 0 Å². The van der Waals surface area contributed by atoms with E-state index in [-0.39, 0.29) is 29.0 Å². The summed E-state index contributed by atoms with van der Waals surface area (Å²) >= 11 is 0. The first-order valence-electron chi connectivity index (χ1n) is 17.8. The molecule has 0 spiro atoms. The average molecular weight is 647 g/mol. The van der Waals surface area contributed by atoms with Crippen LogP contribution in [0.5, 0.6) is 0 Å². The maximum absolute atomic E-state index is 14.8. The molecule has 2 aromatic rings. The minimum atomic E-state index is -3.62. The summed E-state index contributed by atoms with van der Waals surface area (Å²) in [5.74, 6) is -0.557. The van der Waals surface area contributed by atoms with Crippen molar-refractivity contribution in [3.05, 3.63) is 71.8 Å². The smallest absolute Gasteiger partial charge is 0.357 e. The Morgan fingerprint density at radius 2 is 1.41 bits per heavy atom. The van der Waals surface area contributed by atoms with E-state index in [0.717, 1.165) is 75.3 Å². The lowest BCUT2D eigenvalue weighted by Gasteiger charge is -2.46. The normalized spacial score (nSPS) is 31.5. The summed E-state index contributed by atoms with van der Waals surface area (Å²) in [4.78, 5) is 20.2. The molecule has 4 aliphatic carbocycles. The highest BCUT2D eigenvalue weighted by Gasteiger charge is 2.67. The lowest BCUT2D eigenvalue weighted by atomic mass is 9.69.